The number of methoxy groups -OCH3 is 1. The van der Waals surface area contributed by atoms with Gasteiger partial charge in [0, 0.05) is 5.69 Å². The predicted molar refractivity (Wildman–Crippen MR) is 87.2 cm³/mol. The van der Waals surface area contributed by atoms with Gasteiger partial charge in [0.2, 0.25) is 0 Å². The van der Waals surface area contributed by atoms with E-state index in [1.54, 1.807) is 7.11 Å². The van der Waals surface area contributed by atoms with Gasteiger partial charge in [0.1, 0.15) is 5.75 Å². The normalized spacial score (nSPS) is 15.0. The molecule has 0 heterocycles. The van der Waals surface area contributed by atoms with Crippen molar-refractivity contribution in [3.05, 3.63) is 59.7 Å². The summed E-state index contributed by atoms with van der Waals surface area (Å²) < 4.78 is 5.17. The lowest BCUT2D eigenvalue weighted by Crippen LogP contribution is -2.38. The zero-order valence-electron chi connectivity index (χ0n) is 12.8. The third-order valence-corrected chi connectivity index (χ3v) is 4.05. The SMILES string of the molecule is COc1ccc(C2(NC(=O)Nc3ccc(C)cc3)CC2)cc1. The van der Waals surface area contributed by atoms with Gasteiger partial charge in [-0.2, -0.15) is 0 Å². The first-order valence-corrected chi connectivity index (χ1v) is 7.42. The highest BCUT2D eigenvalue weighted by Gasteiger charge is 2.45. The molecule has 4 heteroatoms. The van der Waals surface area contributed by atoms with E-state index in [2.05, 4.69) is 10.6 Å². The Kier molecular flexibility index (Phi) is 3.75. The van der Waals surface area contributed by atoms with Crippen molar-refractivity contribution >= 4 is 11.7 Å². The molecule has 1 aliphatic carbocycles. The van der Waals surface area contributed by atoms with Gasteiger partial charge in [-0.1, -0.05) is 29.8 Å². The minimum absolute atomic E-state index is 0.169. The molecule has 3 rings (SSSR count). The second kappa shape index (κ2) is 5.72. The highest BCUT2D eigenvalue weighted by molar-refractivity contribution is 5.90. The van der Waals surface area contributed by atoms with Gasteiger partial charge >= 0.3 is 6.03 Å². The average molecular weight is 296 g/mol. The second-order valence-electron chi connectivity index (χ2n) is 5.76. The molecule has 2 N–H and O–H groups in total. The summed E-state index contributed by atoms with van der Waals surface area (Å²) in [7, 11) is 1.65. The molecule has 0 unspecified atom stereocenters. The molecule has 0 spiro atoms. The molecule has 4 nitrogen and oxygen atoms in total. The van der Waals surface area contributed by atoms with E-state index in [9.17, 15) is 4.79 Å². The standard InChI is InChI=1S/C18H20N2O2/c1-13-3-7-15(8-4-13)19-17(21)20-18(11-12-18)14-5-9-16(22-2)10-6-14/h3-10H,11-12H2,1-2H3,(H2,19,20,21). The molecular weight excluding hydrogens is 276 g/mol. The quantitative estimate of drug-likeness (QED) is 0.901. The van der Waals surface area contributed by atoms with Crippen molar-refractivity contribution in [2.75, 3.05) is 12.4 Å². The summed E-state index contributed by atoms with van der Waals surface area (Å²) in [5.41, 5.74) is 2.85. The second-order valence-corrected chi connectivity index (χ2v) is 5.76. The largest absolute Gasteiger partial charge is 0.497 e. The van der Waals surface area contributed by atoms with Gasteiger partial charge in [-0.25, -0.2) is 4.79 Å². The Morgan fingerprint density at radius 1 is 1.05 bits per heavy atom. The van der Waals surface area contributed by atoms with Gasteiger partial charge in [-0.3, -0.25) is 0 Å². The number of carbonyl (C=O) groups excluding carboxylic acids is 1. The number of rotatable bonds is 4. The number of nitrogens with one attached hydrogen (secondary N) is 2. The van der Waals surface area contributed by atoms with Crippen molar-refractivity contribution in [2.45, 2.75) is 25.3 Å². The van der Waals surface area contributed by atoms with E-state index in [1.165, 1.54) is 5.56 Å². The van der Waals surface area contributed by atoms with Crippen molar-refractivity contribution in [1.82, 2.24) is 5.32 Å². The molecule has 2 aromatic carbocycles. The van der Waals surface area contributed by atoms with Crippen LogP contribution in [0.15, 0.2) is 48.5 Å². The van der Waals surface area contributed by atoms with Gasteiger partial charge < -0.3 is 15.4 Å². The van der Waals surface area contributed by atoms with Crippen molar-refractivity contribution in [2.24, 2.45) is 0 Å². The van der Waals surface area contributed by atoms with Crippen LogP contribution in [0.2, 0.25) is 0 Å². The first kappa shape index (κ1) is 14.4. The number of carbonyl (C=O) groups is 1. The molecule has 2 aromatic rings. The number of urea groups is 1. The molecular formula is C18H20N2O2. The molecule has 114 valence electrons. The first-order valence-electron chi connectivity index (χ1n) is 7.42. The molecule has 0 radical (unpaired) electrons. The van der Waals surface area contributed by atoms with Gasteiger partial charge in [0.25, 0.3) is 0 Å². The highest BCUT2D eigenvalue weighted by atomic mass is 16.5. The maximum Gasteiger partial charge on any atom is 0.319 e. The van der Waals surface area contributed by atoms with E-state index in [-0.39, 0.29) is 11.6 Å². The number of hydrogen-bond donors (Lipinski definition) is 2. The van der Waals surface area contributed by atoms with E-state index >= 15 is 0 Å². The Morgan fingerprint density at radius 3 is 2.23 bits per heavy atom. The zero-order valence-corrected chi connectivity index (χ0v) is 12.8. The highest BCUT2D eigenvalue weighted by Crippen LogP contribution is 2.45. The van der Waals surface area contributed by atoms with Crippen LogP contribution in [-0.2, 0) is 5.54 Å². The fourth-order valence-corrected chi connectivity index (χ4v) is 2.54. The molecule has 1 fully saturated rings. The summed E-state index contributed by atoms with van der Waals surface area (Å²) in [4.78, 5) is 12.2. The molecule has 0 saturated heterocycles. The van der Waals surface area contributed by atoms with Crippen LogP contribution < -0.4 is 15.4 Å². The molecule has 0 aromatic heterocycles. The van der Waals surface area contributed by atoms with Gasteiger partial charge in [0.05, 0.1) is 12.6 Å². The molecule has 2 amide bonds. The van der Waals surface area contributed by atoms with E-state index in [4.69, 9.17) is 4.74 Å². The van der Waals surface area contributed by atoms with E-state index < -0.39 is 0 Å². The van der Waals surface area contributed by atoms with E-state index in [0.29, 0.717) is 0 Å². The summed E-state index contributed by atoms with van der Waals surface area (Å²) in [6, 6.07) is 15.5. The smallest absolute Gasteiger partial charge is 0.319 e. The maximum atomic E-state index is 12.2. The van der Waals surface area contributed by atoms with Crippen LogP contribution >= 0.6 is 0 Å². The Hall–Kier alpha value is -2.49. The van der Waals surface area contributed by atoms with Crippen molar-refractivity contribution in [1.29, 1.82) is 0 Å². The molecule has 0 bridgehead atoms. The predicted octanol–water partition coefficient (Wildman–Crippen LogP) is 3.81. The van der Waals surface area contributed by atoms with Crippen molar-refractivity contribution in [3.8, 4) is 5.75 Å². The lowest BCUT2D eigenvalue weighted by Gasteiger charge is -2.19. The molecule has 1 aliphatic rings. The van der Waals surface area contributed by atoms with Crippen molar-refractivity contribution in [3.63, 3.8) is 0 Å². The lowest BCUT2D eigenvalue weighted by molar-refractivity contribution is 0.247. The summed E-state index contributed by atoms with van der Waals surface area (Å²) >= 11 is 0. The molecule has 22 heavy (non-hydrogen) atoms. The minimum atomic E-state index is -0.235. The Morgan fingerprint density at radius 2 is 1.68 bits per heavy atom. The number of anilines is 1. The Bertz CT molecular complexity index is 658. The number of ether oxygens (including phenoxy) is 1. The fraction of sp³-hybridized carbons (Fsp3) is 0.278. The van der Waals surface area contributed by atoms with Crippen LogP contribution in [0.25, 0.3) is 0 Å². The minimum Gasteiger partial charge on any atom is -0.497 e. The van der Waals surface area contributed by atoms with Crippen LogP contribution in [0.3, 0.4) is 0 Å². The number of hydrogen-bond acceptors (Lipinski definition) is 2. The fourth-order valence-electron chi connectivity index (χ4n) is 2.54. The molecule has 0 aliphatic heterocycles. The summed E-state index contributed by atoms with van der Waals surface area (Å²) in [6.45, 7) is 2.02. The monoisotopic (exact) mass is 296 g/mol. The van der Waals surface area contributed by atoms with Crippen LogP contribution in [0, 0.1) is 6.92 Å². The van der Waals surface area contributed by atoms with Gasteiger partial charge in [-0.05, 0) is 49.6 Å². The topological polar surface area (TPSA) is 50.4 Å². The van der Waals surface area contributed by atoms with Crippen LogP contribution in [-0.4, -0.2) is 13.1 Å². The molecule has 1 saturated carbocycles. The average Bonchev–Trinajstić information content (AvgIpc) is 3.30. The molecule has 0 atom stereocenters. The van der Waals surface area contributed by atoms with Crippen LogP contribution in [0.5, 0.6) is 5.75 Å². The number of benzene rings is 2. The van der Waals surface area contributed by atoms with Crippen LogP contribution in [0.1, 0.15) is 24.0 Å². The summed E-state index contributed by atoms with van der Waals surface area (Å²) in [5, 5.41) is 5.98. The number of amides is 2. The Labute approximate surface area is 130 Å². The van der Waals surface area contributed by atoms with E-state index in [0.717, 1.165) is 29.8 Å². The third-order valence-electron chi connectivity index (χ3n) is 4.05. The first-order chi connectivity index (χ1) is 10.6. The number of aryl methyl sites for hydroxylation is 1. The Balaban J connectivity index is 1.66. The van der Waals surface area contributed by atoms with Crippen molar-refractivity contribution < 1.29 is 9.53 Å². The van der Waals surface area contributed by atoms with Gasteiger partial charge in [0.15, 0.2) is 0 Å². The maximum absolute atomic E-state index is 12.2. The van der Waals surface area contributed by atoms with E-state index in [1.807, 2.05) is 55.5 Å². The third kappa shape index (κ3) is 3.06. The lowest BCUT2D eigenvalue weighted by atomic mass is 10.1. The van der Waals surface area contributed by atoms with Crippen LogP contribution in [0.4, 0.5) is 10.5 Å². The summed E-state index contributed by atoms with van der Waals surface area (Å²) in [6.07, 6.45) is 1.92. The zero-order chi connectivity index (χ0) is 15.6. The van der Waals surface area contributed by atoms with Gasteiger partial charge in [-0.15, -0.1) is 0 Å². The summed E-state index contributed by atoms with van der Waals surface area (Å²) in [5.74, 6) is 0.823.